The molecule has 1 amide bonds. The van der Waals surface area contributed by atoms with Crippen molar-refractivity contribution in [3.05, 3.63) is 99.5 Å². The SMILES string of the molecule is O=C(NC1CCN(CC(O)c2cc(Br)ccc2OCc2ccc(C(=O)O)cc2)CC1)OCc1ccccc1. The predicted octanol–water partition coefficient (Wildman–Crippen LogP) is 5.15. The first-order valence-electron chi connectivity index (χ1n) is 12.5. The smallest absolute Gasteiger partial charge is 0.407 e. The van der Waals surface area contributed by atoms with E-state index in [2.05, 4.69) is 26.1 Å². The lowest BCUT2D eigenvalue weighted by atomic mass is 10.0. The largest absolute Gasteiger partial charge is 0.489 e. The lowest BCUT2D eigenvalue weighted by Crippen LogP contribution is -2.45. The molecule has 0 bridgehead atoms. The van der Waals surface area contributed by atoms with Crippen LogP contribution in [0.1, 0.15) is 46.0 Å². The van der Waals surface area contributed by atoms with Crippen molar-refractivity contribution in [1.82, 2.24) is 10.2 Å². The maximum Gasteiger partial charge on any atom is 0.407 e. The number of carboxylic acid groups (broad SMARTS) is 1. The molecule has 0 aromatic heterocycles. The molecule has 3 aromatic rings. The number of carbonyl (C=O) groups is 2. The Morgan fingerprint density at radius 3 is 2.34 bits per heavy atom. The fourth-order valence-corrected chi connectivity index (χ4v) is 4.73. The summed E-state index contributed by atoms with van der Waals surface area (Å²) in [5, 5.41) is 23.1. The van der Waals surface area contributed by atoms with Crippen molar-refractivity contribution in [2.75, 3.05) is 19.6 Å². The van der Waals surface area contributed by atoms with Gasteiger partial charge in [0.1, 0.15) is 19.0 Å². The molecule has 200 valence electrons. The number of aliphatic hydroxyl groups is 1. The second-order valence-corrected chi connectivity index (χ2v) is 10.2. The van der Waals surface area contributed by atoms with Gasteiger partial charge < -0.3 is 29.9 Å². The highest BCUT2D eigenvalue weighted by atomic mass is 79.9. The summed E-state index contributed by atoms with van der Waals surface area (Å²) in [6, 6.07) is 21.6. The van der Waals surface area contributed by atoms with Crippen LogP contribution in [-0.2, 0) is 18.0 Å². The number of β-amino-alcohol motifs (C(OH)–C–C–N with tert-alkyl or cyclic N) is 1. The van der Waals surface area contributed by atoms with Gasteiger partial charge in [0, 0.05) is 35.7 Å². The minimum Gasteiger partial charge on any atom is -0.489 e. The molecule has 38 heavy (non-hydrogen) atoms. The molecule has 1 aliphatic heterocycles. The van der Waals surface area contributed by atoms with Gasteiger partial charge in [0.05, 0.1) is 11.7 Å². The first kappa shape index (κ1) is 27.6. The number of piperidine rings is 1. The molecular weight excluding hydrogens is 552 g/mol. The summed E-state index contributed by atoms with van der Waals surface area (Å²) in [6.07, 6.45) is 0.348. The standard InChI is InChI=1S/C29H31BrN2O6/c30-23-10-11-27(37-18-21-6-8-22(9-7-21)28(34)35)25(16-23)26(33)17-32-14-12-24(13-15-32)31-29(36)38-19-20-4-2-1-3-5-20/h1-11,16,24,26,33H,12-15,17-19H2,(H,31,36)(H,34,35). The summed E-state index contributed by atoms with van der Waals surface area (Å²) in [5.74, 6) is -0.403. The van der Waals surface area contributed by atoms with E-state index < -0.39 is 18.2 Å². The van der Waals surface area contributed by atoms with E-state index in [-0.39, 0.29) is 24.8 Å². The Hall–Kier alpha value is -3.40. The highest BCUT2D eigenvalue weighted by molar-refractivity contribution is 9.10. The molecule has 0 radical (unpaired) electrons. The molecular formula is C29H31BrN2O6. The minimum absolute atomic E-state index is 0.0314. The number of nitrogens with zero attached hydrogens (tertiary/aromatic N) is 1. The predicted molar refractivity (Wildman–Crippen MR) is 146 cm³/mol. The number of rotatable bonds is 10. The molecule has 1 heterocycles. The van der Waals surface area contributed by atoms with Crippen LogP contribution in [0.4, 0.5) is 4.79 Å². The monoisotopic (exact) mass is 582 g/mol. The summed E-state index contributed by atoms with van der Waals surface area (Å²) in [6.45, 7) is 2.40. The number of aromatic carboxylic acids is 1. The molecule has 0 spiro atoms. The average Bonchev–Trinajstić information content (AvgIpc) is 2.93. The van der Waals surface area contributed by atoms with Gasteiger partial charge in [0.2, 0.25) is 0 Å². The van der Waals surface area contributed by atoms with Crippen LogP contribution in [0.5, 0.6) is 5.75 Å². The van der Waals surface area contributed by atoms with E-state index in [1.54, 1.807) is 24.3 Å². The van der Waals surface area contributed by atoms with Crippen LogP contribution in [0.15, 0.2) is 77.3 Å². The molecule has 0 saturated carbocycles. The molecule has 1 aliphatic rings. The van der Waals surface area contributed by atoms with Gasteiger partial charge in [0.15, 0.2) is 0 Å². The van der Waals surface area contributed by atoms with Gasteiger partial charge >= 0.3 is 12.1 Å². The number of benzene rings is 3. The molecule has 0 aliphatic carbocycles. The number of ether oxygens (including phenoxy) is 2. The summed E-state index contributed by atoms with van der Waals surface area (Å²) < 4.78 is 12.2. The zero-order valence-electron chi connectivity index (χ0n) is 20.9. The Kier molecular flexibility index (Phi) is 9.75. The Labute approximate surface area is 230 Å². The van der Waals surface area contributed by atoms with Crippen molar-refractivity contribution in [1.29, 1.82) is 0 Å². The molecule has 8 nitrogen and oxygen atoms in total. The quantitative estimate of drug-likeness (QED) is 0.303. The Bertz CT molecular complexity index is 1210. The molecule has 1 atom stereocenters. The summed E-state index contributed by atoms with van der Waals surface area (Å²) in [7, 11) is 0. The van der Waals surface area contributed by atoms with Crippen LogP contribution < -0.4 is 10.1 Å². The van der Waals surface area contributed by atoms with Crippen LogP contribution >= 0.6 is 15.9 Å². The van der Waals surface area contributed by atoms with Gasteiger partial charge in [-0.3, -0.25) is 0 Å². The first-order valence-corrected chi connectivity index (χ1v) is 13.3. The molecule has 3 aromatic carbocycles. The second-order valence-electron chi connectivity index (χ2n) is 9.27. The van der Waals surface area contributed by atoms with E-state index in [0.29, 0.717) is 17.9 Å². The van der Waals surface area contributed by atoms with Crippen molar-refractivity contribution < 1.29 is 29.3 Å². The fraction of sp³-hybridized carbons (Fsp3) is 0.310. The normalized spacial score (nSPS) is 15.0. The molecule has 1 unspecified atom stereocenters. The number of likely N-dealkylation sites (tertiary alicyclic amines) is 1. The summed E-state index contributed by atoms with van der Waals surface area (Å²) in [4.78, 5) is 25.4. The maximum absolute atomic E-state index is 12.2. The van der Waals surface area contributed by atoms with Gasteiger partial charge in [0.25, 0.3) is 0 Å². The Morgan fingerprint density at radius 2 is 1.66 bits per heavy atom. The van der Waals surface area contributed by atoms with Crippen molar-refractivity contribution >= 4 is 28.0 Å². The van der Waals surface area contributed by atoms with E-state index in [4.69, 9.17) is 14.6 Å². The number of halogens is 1. The van der Waals surface area contributed by atoms with E-state index >= 15 is 0 Å². The number of carboxylic acids is 1. The number of aliphatic hydroxyl groups excluding tert-OH is 1. The maximum atomic E-state index is 12.2. The molecule has 1 saturated heterocycles. The van der Waals surface area contributed by atoms with Crippen LogP contribution in [0.2, 0.25) is 0 Å². The average molecular weight is 583 g/mol. The topological polar surface area (TPSA) is 108 Å². The van der Waals surface area contributed by atoms with E-state index in [0.717, 1.165) is 41.5 Å². The molecule has 9 heteroatoms. The first-order chi connectivity index (χ1) is 18.4. The number of amides is 1. The second kappa shape index (κ2) is 13.4. The van der Waals surface area contributed by atoms with Crippen molar-refractivity contribution in [2.24, 2.45) is 0 Å². The van der Waals surface area contributed by atoms with E-state index in [1.165, 1.54) is 0 Å². The highest BCUT2D eigenvalue weighted by Crippen LogP contribution is 2.30. The lowest BCUT2D eigenvalue weighted by molar-refractivity contribution is 0.0696. The van der Waals surface area contributed by atoms with Crippen molar-refractivity contribution in [3.8, 4) is 5.75 Å². The van der Waals surface area contributed by atoms with Crippen LogP contribution in [0.25, 0.3) is 0 Å². The Morgan fingerprint density at radius 1 is 0.974 bits per heavy atom. The van der Waals surface area contributed by atoms with Gasteiger partial charge in [-0.1, -0.05) is 58.4 Å². The van der Waals surface area contributed by atoms with Crippen molar-refractivity contribution in [2.45, 2.75) is 38.2 Å². The zero-order valence-corrected chi connectivity index (χ0v) is 22.5. The number of carbonyl (C=O) groups excluding carboxylic acids is 1. The van der Waals surface area contributed by atoms with Gasteiger partial charge in [-0.05, 0) is 54.3 Å². The number of alkyl carbamates (subject to hydrolysis) is 1. The third-order valence-electron chi connectivity index (χ3n) is 6.48. The van der Waals surface area contributed by atoms with Crippen LogP contribution in [0.3, 0.4) is 0 Å². The molecule has 1 fully saturated rings. The number of hydrogen-bond acceptors (Lipinski definition) is 6. The van der Waals surface area contributed by atoms with Gasteiger partial charge in [-0.25, -0.2) is 9.59 Å². The fourth-order valence-electron chi connectivity index (χ4n) is 4.35. The highest BCUT2D eigenvalue weighted by Gasteiger charge is 2.24. The Balaban J connectivity index is 1.25. The van der Waals surface area contributed by atoms with Gasteiger partial charge in [-0.15, -0.1) is 0 Å². The molecule has 3 N–H and O–H groups in total. The number of nitrogens with one attached hydrogen (secondary N) is 1. The number of hydrogen-bond donors (Lipinski definition) is 3. The lowest BCUT2D eigenvalue weighted by Gasteiger charge is -2.33. The molecule has 4 rings (SSSR count). The minimum atomic E-state index is -0.974. The summed E-state index contributed by atoms with van der Waals surface area (Å²) in [5.41, 5.74) is 2.66. The van der Waals surface area contributed by atoms with E-state index in [9.17, 15) is 14.7 Å². The third-order valence-corrected chi connectivity index (χ3v) is 6.97. The third kappa shape index (κ3) is 8.05. The summed E-state index contributed by atoms with van der Waals surface area (Å²) >= 11 is 3.48. The van der Waals surface area contributed by atoms with Crippen molar-refractivity contribution in [3.63, 3.8) is 0 Å². The van der Waals surface area contributed by atoms with Gasteiger partial charge in [-0.2, -0.15) is 0 Å². The van der Waals surface area contributed by atoms with Crippen LogP contribution in [0, 0.1) is 0 Å². The van der Waals surface area contributed by atoms with Crippen LogP contribution in [-0.4, -0.2) is 52.9 Å². The zero-order chi connectivity index (χ0) is 26.9. The van der Waals surface area contributed by atoms with E-state index in [1.807, 2.05) is 48.5 Å².